The molecule has 8 heteroatoms. The molecule has 0 atom stereocenters. The van der Waals surface area contributed by atoms with Crippen LogP contribution in [0.5, 0.6) is 0 Å². The smallest absolute Gasteiger partial charge is 0.346 e. The molecule has 0 spiro atoms. The van der Waals surface area contributed by atoms with E-state index < -0.39 is 23.2 Å². The predicted molar refractivity (Wildman–Crippen MR) is 84.0 cm³/mol. The summed E-state index contributed by atoms with van der Waals surface area (Å²) in [5.74, 6) is -0.335. The topological polar surface area (TPSA) is 66.9 Å². The Bertz CT molecular complexity index is 739. The summed E-state index contributed by atoms with van der Waals surface area (Å²) in [7, 11) is 0. The third-order valence-electron chi connectivity index (χ3n) is 2.88. The molecule has 1 aromatic heterocycles. The number of rotatable bonds is 3. The average molecular weight is 338 g/mol. The Hall–Kier alpha value is -2.64. The molecule has 0 bridgehead atoms. The zero-order valence-electron chi connectivity index (χ0n) is 13.4. The summed E-state index contributed by atoms with van der Waals surface area (Å²) in [5, 5.41) is 5.31. The molecule has 0 aliphatic heterocycles. The average Bonchev–Trinajstić information content (AvgIpc) is 2.45. The fourth-order valence-corrected chi connectivity index (χ4v) is 1.93. The van der Waals surface area contributed by atoms with Crippen molar-refractivity contribution in [2.24, 2.45) is 0 Å². The Balaban J connectivity index is 2.27. The highest BCUT2D eigenvalue weighted by atomic mass is 19.4. The fourth-order valence-electron chi connectivity index (χ4n) is 1.93. The first kappa shape index (κ1) is 17.7. The van der Waals surface area contributed by atoms with Crippen molar-refractivity contribution >= 4 is 17.4 Å². The Kier molecular flexibility index (Phi) is 4.77. The normalized spacial score (nSPS) is 11.9. The number of nitrogens with one attached hydrogen (secondary N) is 2. The number of halogens is 3. The molecule has 24 heavy (non-hydrogen) atoms. The molecule has 0 unspecified atom stereocenters. The van der Waals surface area contributed by atoms with Crippen LogP contribution in [0.1, 0.15) is 36.8 Å². The highest BCUT2D eigenvalue weighted by Crippen LogP contribution is 2.35. The van der Waals surface area contributed by atoms with Crippen LogP contribution < -0.4 is 10.6 Å². The molecular weight excluding hydrogens is 321 g/mol. The minimum absolute atomic E-state index is 0.0620. The molecule has 2 aromatic rings. The third-order valence-corrected chi connectivity index (χ3v) is 2.88. The number of para-hydroxylation sites is 1. The molecular formula is C16H17F3N4O. The summed E-state index contributed by atoms with van der Waals surface area (Å²) in [6.45, 7) is 5.43. The maximum Gasteiger partial charge on any atom is 0.418 e. The summed E-state index contributed by atoms with van der Waals surface area (Å²) in [4.78, 5) is 19.8. The van der Waals surface area contributed by atoms with Gasteiger partial charge in [0, 0.05) is 11.6 Å². The standard InChI is InChI=1S/C16H17F3N4O/c1-15(2,3)23-14(24)12-8-13(21-9-20-12)22-11-7-5-4-6-10(11)16(17,18)19/h4-9H,1-3H3,(H,23,24)(H,20,21,22). The number of hydrogen-bond donors (Lipinski definition) is 2. The molecule has 1 heterocycles. The van der Waals surface area contributed by atoms with E-state index in [1.54, 1.807) is 0 Å². The lowest BCUT2D eigenvalue weighted by molar-refractivity contribution is -0.136. The van der Waals surface area contributed by atoms with E-state index >= 15 is 0 Å². The Morgan fingerprint density at radius 3 is 2.38 bits per heavy atom. The van der Waals surface area contributed by atoms with Gasteiger partial charge in [-0.05, 0) is 32.9 Å². The highest BCUT2D eigenvalue weighted by Gasteiger charge is 2.33. The van der Waals surface area contributed by atoms with Gasteiger partial charge >= 0.3 is 6.18 Å². The van der Waals surface area contributed by atoms with Crippen molar-refractivity contribution in [1.82, 2.24) is 15.3 Å². The van der Waals surface area contributed by atoms with Gasteiger partial charge in [-0.1, -0.05) is 12.1 Å². The number of carbonyl (C=O) groups is 1. The number of anilines is 2. The van der Waals surface area contributed by atoms with E-state index in [9.17, 15) is 18.0 Å². The number of hydrogen-bond acceptors (Lipinski definition) is 4. The second-order valence-corrected chi connectivity index (χ2v) is 6.16. The minimum atomic E-state index is -4.50. The molecule has 0 aliphatic rings. The summed E-state index contributed by atoms with van der Waals surface area (Å²) in [6.07, 6.45) is -3.38. The van der Waals surface area contributed by atoms with Gasteiger partial charge in [-0.15, -0.1) is 0 Å². The van der Waals surface area contributed by atoms with E-state index in [2.05, 4.69) is 20.6 Å². The summed E-state index contributed by atoms with van der Waals surface area (Å²) in [5.41, 5.74) is -1.36. The van der Waals surface area contributed by atoms with Gasteiger partial charge in [0.25, 0.3) is 5.91 Å². The maximum atomic E-state index is 13.0. The molecule has 0 fully saturated rings. The largest absolute Gasteiger partial charge is 0.418 e. The van der Waals surface area contributed by atoms with Crippen molar-refractivity contribution < 1.29 is 18.0 Å². The van der Waals surface area contributed by atoms with E-state index in [4.69, 9.17) is 0 Å². The zero-order valence-corrected chi connectivity index (χ0v) is 13.4. The fraction of sp³-hybridized carbons (Fsp3) is 0.312. The lowest BCUT2D eigenvalue weighted by Crippen LogP contribution is -2.40. The lowest BCUT2D eigenvalue weighted by atomic mass is 10.1. The highest BCUT2D eigenvalue weighted by molar-refractivity contribution is 5.93. The van der Waals surface area contributed by atoms with Crippen molar-refractivity contribution in [3.05, 3.63) is 47.9 Å². The van der Waals surface area contributed by atoms with Crippen LogP contribution >= 0.6 is 0 Å². The van der Waals surface area contributed by atoms with Gasteiger partial charge in [-0.25, -0.2) is 9.97 Å². The van der Waals surface area contributed by atoms with Crippen molar-refractivity contribution in [1.29, 1.82) is 0 Å². The predicted octanol–water partition coefficient (Wildman–Crippen LogP) is 3.77. The second-order valence-electron chi connectivity index (χ2n) is 6.16. The molecule has 5 nitrogen and oxygen atoms in total. The minimum Gasteiger partial charge on any atom is -0.346 e. The number of benzene rings is 1. The molecule has 0 saturated carbocycles. The van der Waals surface area contributed by atoms with Crippen LogP contribution in [0, 0.1) is 0 Å². The first-order chi connectivity index (χ1) is 11.1. The van der Waals surface area contributed by atoms with Gasteiger partial charge in [0.2, 0.25) is 0 Å². The van der Waals surface area contributed by atoms with E-state index in [-0.39, 0.29) is 17.2 Å². The van der Waals surface area contributed by atoms with Crippen LogP contribution in [-0.2, 0) is 6.18 Å². The summed E-state index contributed by atoms with van der Waals surface area (Å²) >= 11 is 0. The van der Waals surface area contributed by atoms with Crippen LogP contribution in [0.25, 0.3) is 0 Å². The van der Waals surface area contributed by atoms with Crippen LogP contribution in [0.15, 0.2) is 36.7 Å². The first-order valence-electron chi connectivity index (χ1n) is 7.14. The summed E-state index contributed by atoms with van der Waals surface area (Å²) < 4.78 is 39.0. The maximum absolute atomic E-state index is 13.0. The van der Waals surface area contributed by atoms with E-state index in [0.717, 1.165) is 12.4 Å². The van der Waals surface area contributed by atoms with Crippen molar-refractivity contribution in [3.8, 4) is 0 Å². The monoisotopic (exact) mass is 338 g/mol. The third kappa shape index (κ3) is 4.68. The molecule has 0 aliphatic carbocycles. The number of nitrogens with zero attached hydrogens (tertiary/aromatic N) is 2. The van der Waals surface area contributed by atoms with Gasteiger partial charge in [0.05, 0.1) is 11.3 Å². The van der Waals surface area contributed by atoms with Crippen molar-refractivity contribution in [2.45, 2.75) is 32.5 Å². The van der Waals surface area contributed by atoms with Crippen LogP contribution in [0.3, 0.4) is 0 Å². The van der Waals surface area contributed by atoms with Gasteiger partial charge in [-0.3, -0.25) is 4.79 Å². The molecule has 0 saturated heterocycles. The molecule has 2 rings (SSSR count). The lowest BCUT2D eigenvalue weighted by Gasteiger charge is -2.20. The Morgan fingerprint density at radius 1 is 1.08 bits per heavy atom. The van der Waals surface area contributed by atoms with Crippen molar-refractivity contribution in [3.63, 3.8) is 0 Å². The number of amides is 1. The van der Waals surface area contributed by atoms with E-state index in [1.165, 1.54) is 24.3 Å². The molecule has 1 aromatic carbocycles. The molecule has 128 valence electrons. The number of carbonyl (C=O) groups excluding carboxylic acids is 1. The SMILES string of the molecule is CC(C)(C)NC(=O)c1cc(Nc2ccccc2C(F)(F)F)ncn1. The first-order valence-corrected chi connectivity index (χ1v) is 7.14. The van der Waals surface area contributed by atoms with Crippen LogP contribution in [-0.4, -0.2) is 21.4 Å². The van der Waals surface area contributed by atoms with Gasteiger partial charge in [0.15, 0.2) is 0 Å². The summed E-state index contributed by atoms with van der Waals surface area (Å²) in [6, 6.07) is 6.34. The van der Waals surface area contributed by atoms with E-state index in [1.807, 2.05) is 20.8 Å². The van der Waals surface area contributed by atoms with Crippen LogP contribution in [0.2, 0.25) is 0 Å². The number of alkyl halides is 3. The zero-order chi connectivity index (χ0) is 18.0. The van der Waals surface area contributed by atoms with Crippen molar-refractivity contribution in [2.75, 3.05) is 5.32 Å². The molecule has 0 radical (unpaired) electrons. The van der Waals surface area contributed by atoms with E-state index in [0.29, 0.717) is 0 Å². The van der Waals surface area contributed by atoms with Gasteiger partial charge in [-0.2, -0.15) is 13.2 Å². The molecule has 1 amide bonds. The second kappa shape index (κ2) is 6.46. The Labute approximate surface area is 137 Å². The van der Waals surface area contributed by atoms with Crippen LogP contribution in [0.4, 0.5) is 24.7 Å². The Morgan fingerprint density at radius 2 is 1.75 bits per heavy atom. The quantitative estimate of drug-likeness (QED) is 0.894. The molecule has 2 N–H and O–H groups in total. The van der Waals surface area contributed by atoms with Gasteiger partial charge < -0.3 is 10.6 Å². The van der Waals surface area contributed by atoms with Gasteiger partial charge in [0.1, 0.15) is 17.8 Å². The number of aromatic nitrogens is 2.